The normalized spacial score (nSPS) is 21.6. The van der Waals surface area contributed by atoms with Gasteiger partial charge in [-0.1, -0.05) is 0 Å². The maximum atomic E-state index is 11.5. The van der Waals surface area contributed by atoms with Gasteiger partial charge in [0.1, 0.15) is 0 Å². The van der Waals surface area contributed by atoms with Gasteiger partial charge in [-0.15, -0.1) is 0 Å². The average molecular weight is 199 g/mol. The fraction of sp³-hybridized carbons (Fsp3) is 0.778. The van der Waals surface area contributed by atoms with Gasteiger partial charge in [0, 0.05) is 19.5 Å². The lowest BCUT2D eigenvalue weighted by Gasteiger charge is -2.21. The van der Waals surface area contributed by atoms with E-state index in [1.54, 1.807) is 0 Å². The van der Waals surface area contributed by atoms with Gasteiger partial charge in [-0.05, 0) is 19.4 Å². The molecule has 14 heavy (non-hydrogen) atoms. The molecule has 2 amide bonds. The van der Waals surface area contributed by atoms with E-state index in [0.29, 0.717) is 6.54 Å². The molecule has 0 aliphatic carbocycles. The Kier molecular flexibility index (Phi) is 4.39. The molecule has 1 saturated heterocycles. The zero-order valence-electron chi connectivity index (χ0n) is 8.21. The van der Waals surface area contributed by atoms with E-state index in [1.165, 1.54) is 0 Å². The average Bonchev–Trinajstić information content (AvgIpc) is 2.18. The summed E-state index contributed by atoms with van der Waals surface area (Å²) in [5.74, 6) is -0.304. The second kappa shape index (κ2) is 5.59. The Morgan fingerprint density at radius 2 is 2.29 bits per heavy atom. The summed E-state index contributed by atoms with van der Waals surface area (Å²) in [7, 11) is 0. The van der Waals surface area contributed by atoms with Gasteiger partial charge in [-0.25, -0.2) is 0 Å². The van der Waals surface area contributed by atoms with Crippen LogP contribution in [-0.2, 0) is 9.59 Å². The van der Waals surface area contributed by atoms with E-state index in [4.69, 9.17) is 5.73 Å². The van der Waals surface area contributed by atoms with Gasteiger partial charge < -0.3 is 16.4 Å². The van der Waals surface area contributed by atoms with Crippen molar-refractivity contribution in [3.63, 3.8) is 0 Å². The molecule has 0 aromatic carbocycles. The second-order valence-corrected chi connectivity index (χ2v) is 3.55. The van der Waals surface area contributed by atoms with Gasteiger partial charge in [0.25, 0.3) is 0 Å². The number of hydrogen-bond acceptors (Lipinski definition) is 3. The highest BCUT2D eigenvalue weighted by molar-refractivity contribution is 5.80. The standard InChI is InChI=1S/C9H17N3O2/c10-8(13)3-5-12-9(14)7-2-1-4-11-6-7/h7,11H,1-6H2,(H2,10,13)(H,12,14). The number of nitrogens with one attached hydrogen (secondary N) is 2. The summed E-state index contributed by atoms with van der Waals surface area (Å²) in [4.78, 5) is 21.9. The van der Waals surface area contributed by atoms with Crippen LogP contribution < -0.4 is 16.4 Å². The van der Waals surface area contributed by atoms with Crippen LogP contribution in [0.25, 0.3) is 0 Å². The van der Waals surface area contributed by atoms with Gasteiger partial charge in [0.2, 0.25) is 11.8 Å². The summed E-state index contributed by atoms with van der Waals surface area (Å²) in [5, 5.41) is 5.87. The number of carbonyl (C=O) groups excluding carboxylic acids is 2. The first-order valence-corrected chi connectivity index (χ1v) is 4.97. The molecule has 0 radical (unpaired) electrons. The van der Waals surface area contributed by atoms with Crippen LogP contribution in [0.1, 0.15) is 19.3 Å². The Labute approximate surface area is 83.4 Å². The highest BCUT2D eigenvalue weighted by atomic mass is 16.2. The van der Waals surface area contributed by atoms with Crippen molar-refractivity contribution in [1.82, 2.24) is 10.6 Å². The summed E-state index contributed by atoms with van der Waals surface area (Å²) in [6, 6.07) is 0. The molecule has 1 rings (SSSR count). The van der Waals surface area contributed by atoms with Crippen LogP contribution in [0.15, 0.2) is 0 Å². The monoisotopic (exact) mass is 199 g/mol. The van der Waals surface area contributed by atoms with E-state index in [2.05, 4.69) is 10.6 Å². The third-order valence-corrected chi connectivity index (χ3v) is 2.34. The molecule has 0 aromatic heterocycles. The predicted molar refractivity (Wildman–Crippen MR) is 52.4 cm³/mol. The van der Waals surface area contributed by atoms with E-state index >= 15 is 0 Å². The molecular weight excluding hydrogens is 182 g/mol. The summed E-state index contributed by atoms with van der Waals surface area (Å²) >= 11 is 0. The van der Waals surface area contributed by atoms with E-state index < -0.39 is 0 Å². The molecule has 0 bridgehead atoms. The second-order valence-electron chi connectivity index (χ2n) is 3.55. The van der Waals surface area contributed by atoms with Crippen molar-refractivity contribution in [2.75, 3.05) is 19.6 Å². The van der Waals surface area contributed by atoms with Crippen LogP contribution in [0, 0.1) is 5.92 Å². The van der Waals surface area contributed by atoms with Crippen molar-refractivity contribution in [3.8, 4) is 0 Å². The van der Waals surface area contributed by atoms with E-state index in [-0.39, 0.29) is 24.2 Å². The lowest BCUT2D eigenvalue weighted by atomic mass is 9.99. The van der Waals surface area contributed by atoms with Gasteiger partial charge in [-0.2, -0.15) is 0 Å². The van der Waals surface area contributed by atoms with Crippen LogP contribution in [0.4, 0.5) is 0 Å². The Morgan fingerprint density at radius 3 is 2.86 bits per heavy atom. The first kappa shape index (κ1) is 11.0. The minimum Gasteiger partial charge on any atom is -0.370 e. The molecule has 80 valence electrons. The van der Waals surface area contributed by atoms with Crippen molar-refractivity contribution in [2.24, 2.45) is 11.7 Å². The van der Waals surface area contributed by atoms with Crippen molar-refractivity contribution in [3.05, 3.63) is 0 Å². The van der Waals surface area contributed by atoms with Crippen LogP contribution in [0.5, 0.6) is 0 Å². The Bertz CT molecular complexity index is 212. The lowest BCUT2D eigenvalue weighted by molar-refractivity contribution is -0.125. The molecule has 1 fully saturated rings. The first-order valence-electron chi connectivity index (χ1n) is 4.97. The number of hydrogen-bond donors (Lipinski definition) is 3. The molecule has 0 saturated carbocycles. The maximum Gasteiger partial charge on any atom is 0.224 e. The third kappa shape index (κ3) is 3.74. The summed E-state index contributed by atoms with van der Waals surface area (Å²) in [6.07, 6.45) is 2.18. The van der Waals surface area contributed by atoms with E-state index in [0.717, 1.165) is 25.9 Å². The topological polar surface area (TPSA) is 84.2 Å². The molecule has 1 aliphatic heterocycles. The molecule has 1 unspecified atom stereocenters. The number of amides is 2. The first-order chi connectivity index (χ1) is 6.70. The van der Waals surface area contributed by atoms with Crippen LogP contribution in [0.3, 0.4) is 0 Å². The SMILES string of the molecule is NC(=O)CCNC(=O)C1CCCNC1. The number of primary amides is 1. The van der Waals surface area contributed by atoms with Gasteiger partial charge in [-0.3, -0.25) is 9.59 Å². The molecular formula is C9H17N3O2. The summed E-state index contributed by atoms with van der Waals surface area (Å²) in [5.41, 5.74) is 4.95. The zero-order chi connectivity index (χ0) is 10.4. The molecule has 5 nitrogen and oxygen atoms in total. The van der Waals surface area contributed by atoms with E-state index in [1.807, 2.05) is 0 Å². The van der Waals surface area contributed by atoms with Gasteiger partial charge in [0.05, 0.1) is 5.92 Å². The van der Waals surface area contributed by atoms with Crippen LogP contribution >= 0.6 is 0 Å². The molecule has 1 atom stereocenters. The third-order valence-electron chi connectivity index (χ3n) is 2.34. The highest BCUT2D eigenvalue weighted by Crippen LogP contribution is 2.09. The number of piperidine rings is 1. The minimum atomic E-state index is -0.382. The van der Waals surface area contributed by atoms with Gasteiger partial charge in [0.15, 0.2) is 0 Å². The Balaban J connectivity index is 2.16. The molecule has 1 aliphatic rings. The summed E-state index contributed by atoms with van der Waals surface area (Å²) in [6.45, 7) is 2.08. The summed E-state index contributed by atoms with van der Waals surface area (Å²) < 4.78 is 0. The van der Waals surface area contributed by atoms with E-state index in [9.17, 15) is 9.59 Å². The fourth-order valence-electron chi connectivity index (χ4n) is 1.53. The number of carbonyl (C=O) groups is 2. The minimum absolute atomic E-state index is 0.0263. The smallest absolute Gasteiger partial charge is 0.224 e. The largest absolute Gasteiger partial charge is 0.370 e. The fourth-order valence-corrected chi connectivity index (χ4v) is 1.53. The van der Waals surface area contributed by atoms with Crippen molar-refractivity contribution in [2.45, 2.75) is 19.3 Å². The van der Waals surface area contributed by atoms with Crippen molar-refractivity contribution < 1.29 is 9.59 Å². The quantitative estimate of drug-likeness (QED) is 0.541. The van der Waals surface area contributed by atoms with Crippen LogP contribution in [-0.4, -0.2) is 31.4 Å². The number of nitrogens with two attached hydrogens (primary N) is 1. The molecule has 4 N–H and O–H groups in total. The lowest BCUT2D eigenvalue weighted by Crippen LogP contribution is -2.41. The molecule has 0 aromatic rings. The zero-order valence-corrected chi connectivity index (χ0v) is 8.21. The van der Waals surface area contributed by atoms with Crippen molar-refractivity contribution in [1.29, 1.82) is 0 Å². The molecule has 5 heteroatoms. The predicted octanol–water partition coefficient (Wildman–Crippen LogP) is -1.02. The Hall–Kier alpha value is -1.10. The highest BCUT2D eigenvalue weighted by Gasteiger charge is 2.20. The number of rotatable bonds is 4. The maximum absolute atomic E-state index is 11.5. The van der Waals surface area contributed by atoms with Crippen LogP contribution in [0.2, 0.25) is 0 Å². The molecule has 0 spiro atoms. The molecule has 1 heterocycles. The van der Waals surface area contributed by atoms with Gasteiger partial charge >= 0.3 is 0 Å². The van der Waals surface area contributed by atoms with Crippen molar-refractivity contribution >= 4 is 11.8 Å². The Morgan fingerprint density at radius 1 is 1.50 bits per heavy atom.